The van der Waals surface area contributed by atoms with Gasteiger partial charge in [0.25, 0.3) is 5.91 Å². The quantitative estimate of drug-likeness (QED) is 0.173. The smallest absolute Gasteiger partial charge is 0.267 e. The maximum atomic E-state index is 13.0. The highest BCUT2D eigenvalue weighted by Crippen LogP contribution is 2.31. The van der Waals surface area contributed by atoms with Crippen LogP contribution in [0.4, 0.5) is 5.13 Å². The summed E-state index contributed by atoms with van der Waals surface area (Å²) < 4.78 is 1.91. The lowest BCUT2D eigenvalue weighted by atomic mass is 10.2. The Morgan fingerprint density at radius 3 is 2.63 bits per heavy atom. The average molecular weight is 497 g/mol. The molecule has 1 heterocycles. The van der Waals surface area contributed by atoms with Gasteiger partial charge in [0.1, 0.15) is 0 Å². The summed E-state index contributed by atoms with van der Waals surface area (Å²) in [5.41, 5.74) is 2.45. The van der Waals surface area contributed by atoms with E-state index in [1.807, 2.05) is 66.7 Å². The van der Waals surface area contributed by atoms with Crippen molar-refractivity contribution in [2.45, 2.75) is 0 Å². The summed E-state index contributed by atoms with van der Waals surface area (Å²) in [6, 6.07) is 22.7. The summed E-state index contributed by atoms with van der Waals surface area (Å²) in [6.45, 7) is 0. The van der Waals surface area contributed by atoms with Gasteiger partial charge in [-0.25, -0.2) is 4.98 Å². The summed E-state index contributed by atoms with van der Waals surface area (Å²) >= 11 is 11.1. The lowest BCUT2D eigenvalue weighted by molar-refractivity contribution is -0.114. The fourth-order valence-electron chi connectivity index (χ4n) is 2.68. The maximum Gasteiger partial charge on any atom is 0.273 e. The molecule has 0 bridgehead atoms. The first-order chi connectivity index (χ1) is 14.6. The van der Waals surface area contributed by atoms with Crippen molar-refractivity contribution in [1.29, 1.82) is 0 Å². The molecule has 30 heavy (non-hydrogen) atoms. The second kappa shape index (κ2) is 9.34. The Bertz CT molecular complexity index is 1250. The Morgan fingerprint density at radius 2 is 1.83 bits per heavy atom. The number of rotatable bonds is 5. The van der Waals surface area contributed by atoms with Crippen LogP contribution in [0.5, 0.6) is 0 Å². The van der Waals surface area contributed by atoms with Crippen LogP contribution < -0.4 is 5.01 Å². The predicted octanol–water partition coefficient (Wildman–Crippen LogP) is 6.79. The number of carbonyl (C=O) groups is 1. The normalized spacial score (nSPS) is 11.5. The van der Waals surface area contributed by atoms with E-state index >= 15 is 0 Å². The Balaban J connectivity index is 1.69. The zero-order valence-corrected chi connectivity index (χ0v) is 18.7. The number of hydrogen-bond acceptors (Lipinski definition) is 4. The minimum atomic E-state index is -0.319. The molecule has 0 radical (unpaired) electrons. The van der Waals surface area contributed by atoms with Crippen LogP contribution in [0.3, 0.4) is 0 Å². The number of nitrogens with zero attached hydrogens (tertiary/aromatic N) is 3. The standard InChI is InChI=1S/C23H15BrClN3OS/c24-18-11-12-20-21(14-18)30-23(27-20)28(26-15-16-6-2-1-3-7-16)22(29)13-10-17-8-4-5-9-19(17)25/h1-15H/b13-10+,26-15+. The van der Waals surface area contributed by atoms with Gasteiger partial charge in [0, 0.05) is 15.6 Å². The van der Waals surface area contributed by atoms with Crippen LogP contribution in [0, 0.1) is 0 Å². The van der Waals surface area contributed by atoms with Gasteiger partial charge in [-0.2, -0.15) is 10.1 Å². The van der Waals surface area contributed by atoms with Crippen molar-refractivity contribution in [2.75, 3.05) is 5.01 Å². The molecule has 1 aromatic heterocycles. The summed E-state index contributed by atoms with van der Waals surface area (Å²) in [5, 5.41) is 6.80. The fraction of sp³-hybridized carbons (Fsp3) is 0. The van der Waals surface area contributed by atoms with Gasteiger partial charge in [0.05, 0.1) is 16.4 Å². The highest BCUT2D eigenvalue weighted by Gasteiger charge is 2.17. The molecule has 7 heteroatoms. The van der Waals surface area contributed by atoms with E-state index in [4.69, 9.17) is 11.6 Å². The van der Waals surface area contributed by atoms with Crippen LogP contribution >= 0.6 is 38.9 Å². The minimum absolute atomic E-state index is 0.319. The van der Waals surface area contributed by atoms with E-state index in [0.717, 1.165) is 25.8 Å². The summed E-state index contributed by atoms with van der Waals surface area (Å²) in [5.74, 6) is -0.319. The number of hydrogen-bond donors (Lipinski definition) is 0. The van der Waals surface area contributed by atoms with Crippen LogP contribution in [0.2, 0.25) is 5.02 Å². The largest absolute Gasteiger partial charge is 0.273 e. The highest BCUT2D eigenvalue weighted by atomic mass is 79.9. The van der Waals surface area contributed by atoms with E-state index in [9.17, 15) is 4.79 Å². The molecule has 1 amide bonds. The Kier molecular flexibility index (Phi) is 6.38. The molecular formula is C23H15BrClN3OS. The van der Waals surface area contributed by atoms with Gasteiger partial charge in [-0.15, -0.1) is 0 Å². The van der Waals surface area contributed by atoms with Crippen LogP contribution in [0.1, 0.15) is 11.1 Å². The van der Waals surface area contributed by atoms with Crippen molar-refractivity contribution in [3.63, 3.8) is 0 Å². The zero-order chi connectivity index (χ0) is 20.9. The van der Waals surface area contributed by atoms with Gasteiger partial charge in [-0.3, -0.25) is 4.79 Å². The number of benzene rings is 3. The lowest BCUT2D eigenvalue weighted by Crippen LogP contribution is -2.23. The highest BCUT2D eigenvalue weighted by molar-refractivity contribution is 9.10. The number of aromatic nitrogens is 1. The SMILES string of the molecule is O=C(/C=C/c1ccccc1Cl)N(/N=C/c1ccccc1)c1nc2ccc(Br)cc2s1. The molecule has 0 N–H and O–H groups in total. The van der Waals surface area contributed by atoms with E-state index < -0.39 is 0 Å². The van der Waals surface area contributed by atoms with Crippen molar-refractivity contribution in [1.82, 2.24) is 4.98 Å². The van der Waals surface area contributed by atoms with E-state index in [1.165, 1.54) is 22.4 Å². The van der Waals surface area contributed by atoms with Gasteiger partial charge in [-0.1, -0.05) is 87.4 Å². The van der Waals surface area contributed by atoms with Gasteiger partial charge in [-0.05, 0) is 41.5 Å². The molecule has 148 valence electrons. The molecule has 0 saturated carbocycles. The maximum absolute atomic E-state index is 13.0. The third-order valence-electron chi connectivity index (χ3n) is 4.16. The molecule has 0 atom stereocenters. The molecular weight excluding hydrogens is 482 g/mol. The molecule has 0 spiro atoms. The number of fused-ring (bicyclic) bond motifs is 1. The van der Waals surface area contributed by atoms with Gasteiger partial charge >= 0.3 is 0 Å². The molecule has 0 aliphatic carbocycles. The summed E-state index contributed by atoms with van der Waals surface area (Å²) in [4.78, 5) is 17.6. The van der Waals surface area contributed by atoms with Crippen molar-refractivity contribution in [2.24, 2.45) is 5.10 Å². The van der Waals surface area contributed by atoms with Crippen molar-refractivity contribution in [3.05, 3.63) is 99.5 Å². The van der Waals surface area contributed by atoms with Crippen LogP contribution in [-0.4, -0.2) is 17.1 Å². The lowest BCUT2D eigenvalue weighted by Gasteiger charge is -2.11. The van der Waals surface area contributed by atoms with Crippen LogP contribution in [-0.2, 0) is 4.79 Å². The first kappa shape index (κ1) is 20.5. The second-order valence-electron chi connectivity index (χ2n) is 6.27. The molecule has 0 aliphatic rings. The first-order valence-electron chi connectivity index (χ1n) is 9.02. The number of anilines is 1. The molecule has 3 aromatic carbocycles. The summed E-state index contributed by atoms with van der Waals surface area (Å²) in [6.07, 6.45) is 4.77. The number of halogens is 2. The molecule has 0 saturated heterocycles. The fourth-order valence-corrected chi connectivity index (χ4v) is 4.36. The van der Waals surface area contributed by atoms with Crippen molar-refractivity contribution < 1.29 is 4.79 Å². The van der Waals surface area contributed by atoms with Gasteiger partial charge in [0.15, 0.2) is 0 Å². The van der Waals surface area contributed by atoms with E-state index in [0.29, 0.717) is 10.2 Å². The van der Waals surface area contributed by atoms with Gasteiger partial charge < -0.3 is 0 Å². The number of thiazole rings is 1. The van der Waals surface area contributed by atoms with Gasteiger partial charge in [0.2, 0.25) is 5.13 Å². The van der Waals surface area contributed by atoms with Crippen LogP contribution in [0.25, 0.3) is 16.3 Å². The van der Waals surface area contributed by atoms with E-state index in [-0.39, 0.29) is 5.91 Å². The topological polar surface area (TPSA) is 45.6 Å². The summed E-state index contributed by atoms with van der Waals surface area (Å²) in [7, 11) is 0. The third-order valence-corrected chi connectivity index (χ3v) is 5.99. The first-order valence-corrected chi connectivity index (χ1v) is 11.0. The molecule has 4 rings (SSSR count). The Labute approximate surface area is 191 Å². The van der Waals surface area contributed by atoms with Crippen molar-refractivity contribution >= 4 is 72.4 Å². The number of hydrazone groups is 1. The Morgan fingerprint density at radius 1 is 1.07 bits per heavy atom. The average Bonchev–Trinajstić information content (AvgIpc) is 3.16. The number of carbonyl (C=O) groups excluding carboxylic acids is 1. The molecule has 4 aromatic rings. The predicted molar refractivity (Wildman–Crippen MR) is 129 cm³/mol. The number of amides is 1. The monoisotopic (exact) mass is 495 g/mol. The molecule has 0 fully saturated rings. The second-order valence-corrected chi connectivity index (χ2v) is 8.60. The molecule has 0 unspecified atom stereocenters. The van der Waals surface area contributed by atoms with Crippen molar-refractivity contribution in [3.8, 4) is 0 Å². The molecule has 4 nitrogen and oxygen atoms in total. The minimum Gasteiger partial charge on any atom is -0.267 e. The molecule has 0 aliphatic heterocycles. The van der Waals surface area contributed by atoms with E-state index in [1.54, 1.807) is 18.4 Å². The van der Waals surface area contributed by atoms with Crippen LogP contribution in [0.15, 0.2) is 88.4 Å². The third kappa shape index (κ3) is 4.84. The Hall–Kier alpha value is -2.80. The zero-order valence-electron chi connectivity index (χ0n) is 15.6. The van der Waals surface area contributed by atoms with E-state index in [2.05, 4.69) is 26.0 Å².